The van der Waals surface area contributed by atoms with E-state index in [0.29, 0.717) is 17.1 Å². The fraction of sp³-hybridized carbons (Fsp3) is 0.368. The van der Waals surface area contributed by atoms with Crippen LogP contribution in [0, 0.1) is 19.7 Å². The Morgan fingerprint density at radius 1 is 1.19 bits per heavy atom. The molecule has 0 aliphatic heterocycles. The SMILES string of the molecule is CSc1nc(C)c(CCC(=O)NC(CC(=O)O)c2ccc(F)cc2)c(C)n1. The second-order valence-electron chi connectivity index (χ2n) is 6.13. The molecule has 144 valence electrons. The summed E-state index contributed by atoms with van der Waals surface area (Å²) in [5.41, 5.74) is 3.13. The Morgan fingerprint density at radius 3 is 2.30 bits per heavy atom. The highest BCUT2D eigenvalue weighted by Gasteiger charge is 2.19. The van der Waals surface area contributed by atoms with Crippen molar-refractivity contribution in [3.63, 3.8) is 0 Å². The third-order valence-corrected chi connectivity index (χ3v) is 4.72. The van der Waals surface area contributed by atoms with Gasteiger partial charge in [0.2, 0.25) is 5.91 Å². The van der Waals surface area contributed by atoms with Crippen LogP contribution in [0.15, 0.2) is 29.4 Å². The minimum atomic E-state index is -1.04. The molecule has 1 unspecified atom stereocenters. The summed E-state index contributed by atoms with van der Waals surface area (Å²) in [6.45, 7) is 3.76. The lowest BCUT2D eigenvalue weighted by Crippen LogP contribution is -2.30. The van der Waals surface area contributed by atoms with E-state index in [1.54, 1.807) is 0 Å². The summed E-state index contributed by atoms with van der Waals surface area (Å²) in [6.07, 6.45) is 2.27. The molecule has 0 saturated carbocycles. The van der Waals surface area contributed by atoms with E-state index in [0.717, 1.165) is 17.0 Å². The zero-order valence-electron chi connectivity index (χ0n) is 15.5. The second-order valence-corrected chi connectivity index (χ2v) is 6.90. The maximum absolute atomic E-state index is 13.1. The number of carboxylic acids is 1. The number of rotatable bonds is 8. The van der Waals surface area contributed by atoms with Crippen molar-refractivity contribution in [1.29, 1.82) is 0 Å². The second kappa shape index (κ2) is 9.45. The summed E-state index contributed by atoms with van der Waals surface area (Å²) in [7, 11) is 0. The van der Waals surface area contributed by atoms with Crippen molar-refractivity contribution in [2.24, 2.45) is 0 Å². The van der Waals surface area contributed by atoms with Crippen LogP contribution in [-0.4, -0.2) is 33.2 Å². The third-order valence-electron chi connectivity index (χ3n) is 4.17. The lowest BCUT2D eigenvalue weighted by atomic mass is 10.0. The predicted octanol–water partition coefficient (Wildman–Crippen LogP) is 3.22. The molecule has 27 heavy (non-hydrogen) atoms. The third kappa shape index (κ3) is 6.02. The van der Waals surface area contributed by atoms with Gasteiger partial charge in [0.15, 0.2) is 5.16 Å². The summed E-state index contributed by atoms with van der Waals surface area (Å²) >= 11 is 1.46. The molecule has 1 aromatic heterocycles. The van der Waals surface area contributed by atoms with Crippen LogP contribution in [0.25, 0.3) is 0 Å². The fourth-order valence-corrected chi connectivity index (χ4v) is 3.25. The van der Waals surface area contributed by atoms with Gasteiger partial charge in [0.05, 0.1) is 12.5 Å². The van der Waals surface area contributed by atoms with Crippen molar-refractivity contribution < 1.29 is 19.1 Å². The molecule has 0 radical (unpaired) electrons. The molecule has 1 amide bonds. The molecular weight excluding hydrogens is 369 g/mol. The minimum Gasteiger partial charge on any atom is -0.481 e. The minimum absolute atomic E-state index is 0.182. The van der Waals surface area contributed by atoms with Crippen molar-refractivity contribution in [3.8, 4) is 0 Å². The number of aryl methyl sites for hydroxylation is 2. The maximum atomic E-state index is 13.1. The molecule has 0 fully saturated rings. The molecule has 0 bridgehead atoms. The number of carbonyl (C=O) groups is 2. The maximum Gasteiger partial charge on any atom is 0.305 e. The van der Waals surface area contributed by atoms with Gasteiger partial charge in [-0.3, -0.25) is 9.59 Å². The first-order valence-corrected chi connectivity index (χ1v) is 9.67. The lowest BCUT2D eigenvalue weighted by Gasteiger charge is -2.18. The summed E-state index contributed by atoms with van der Waals surface area (Å²) < 4.78 is 13.1. The number of halogens is 1. The van der Waals surface area contributed by atoms with Gasteiger partial charge in [-0.15, -0.1) is 0 Å². The lowest BCUT2D eigenvalue weighted by molar-refractivity contribution is -0.137. The number of nitrogens with one attached hydrogen (secondary N) is 1. The fourth-order valence-electron chi connectivity index (χ4n) is 2.79. The first kappa shape index (κ1) is 20.8. The van der Waals surface area contributed by atoms with Gasteiger partial charge in [-0.2, -0.15) is 0 Å². The van der Waals surface area contributed by atoms with E-state index in [4.69, 9.17) is 5.11 Å². The molecule has 1 heterocycles. The Hall–Kier alpha value is -2.48. The zero-order chi connectivity index (χ0) is 20.0. The largest absolute Gasteiger partial charge is 0.481 e. The average Bonchev–Trinajstić information content (AvgIpc) is 2.60. The number of amides is 1. The highest BCUT2D eigenvalue weighted by molar-refractivity contribution is 7.98. The Kier molecular flexibility index (Phi) is 7.29. The number of nitrogens with zero attached hydrogens (tertiary/aromatic N) is 2. The monoisotopic (exact) mass is 391 g/mol. The van der Waals surface area contributed by atoms with Crippen LogP contribution < -0.4 is 5.32 Å². The molecule has 8 heteroatoms. The number of hydrogen-bond acceptors (Lipinski definition) is 5. The molecular formula is C19H22FN3O3S. The molecule has 0 saturated heterocycles. The normalized spacial score (nSPS) is 11.9. The number of carbonyl (C=O) groups excluding carboxylic acids is 1. The molecule has 0 aliphatic carbocycles. The van der Waals surface area contributed by atoms with Gasteiger partial charge in [0, 0.05) is 17.8 Å². The van der Waals surface area contributed by atoms with Gasteiger partial charge in [-0.25, -0.2) is 14.4 Å². The van der Waals surface area contributed by atoms with Gasteiger partial charge in [-0.1, -0.05) is 23.9 Å². The van der Waals surface area contributed by atoms with Crippen LogP contribution >= 0.6 is 11.8 Å². The van der Waals surface area contributed by atoms with Crippen molar-refractivity contribution in [2.45, 2.75) is 44.3 Å². The smallest absolute Gasteiger partial charge is 0.305 e. The molecule has 2 aromatic rings. The predicted molar refractivity (Wildman–Crippen MR) is 101 cm³/mol. The Bertz CT molecular complexity index is 804. The van der Waals surface area contributed by atoms with E-state index in [-0.39, 0.29) is 18.7 Å². The van der Waals surface area contributed by atoms with Crippen LogP contribution in [0.2, 0.25) is 0 Å². The van der Waals surface area contributed by atoms with Crippen molar-refractivity contribution >= 4 is 23.6 Å². The van der Waals surface area contributed by atoms with Gasteiger partial charge < -0.3 is 10.4 Å². The molecule has 0 aliphatic rings. The van der Waals surface area contributed by atoms with E-state index < -0.39 is 17.8 Å². The number of thioether (sulfide) groups is 1. The van der Waals surface area contributed by atoms with Crippen LogP contribution in [-0.2, 0) is 16.0 Å². The first-order valence-electron chi connectivity index (χ1n) is 8.45. The van der Waals surface area contributed by atoms with Crippen LogP contribution in [0.5, 0.6) is 0 Å². The van der Waals surface area contributed by atoms with E-state index in [2.05, 4.69) is 15.3 Å². The van der Waals surface area contributed by atoms with Crippen molar-refractivity contribution in [2.75, 3.05) is 6.26 Å². The number of benzene rings is 1. The van der Waals surface area contributed by atoms with Gasteiger partial charge in [0.1, 0.15) is 5.82 Å². The number of aromatic nitrogens is 2. The van der Waals surface area contributed by atoms with E-state index >= 15 is 0 Å². The van der Waals surface area contributed by atoms with E-state index in [9.17, 15) is 14.0 Å². The topological polar surface area (TPSA) is 92.2 Å². The molecule has 0 spiro atoms. The van der Waals surface area contributed by atoms with Gasteiger partial charge in [0.25, 0.3) is 0 Å². The molecule has 2 rings (SSSR count). The summed E-state index contributed by atoms with van der Waals surface area (Å²) in [4.78, 5) is 32.3. The Morgan fingerprint density at radius 2 is 1.78 bits per heavy atom. The quantitative estimate of drug-likeness (QED) is 0.530. The standard InChI is InChI=1S/C19H22FN3O3S/c1-11-15(12(2)22-19(21-11)27-3)8-9-17(24)23-16(10-18(25)26)13-4-6-14(20)7-5-13/h4-7,16H,8-10H2,1-3H3,(H,23,24)(H,25,26). The van der Waals surface area contributed by atoms with Crippen molar-refractivity contribution in [3.05, 3.63) is 52.6 Å². The summed E-state index contributed by atoms with van der Waals surface area (Å²) in [5, 5.41) is 12.5. The van der Waals surface area contributed by atoms with Crippen molar-refractivity contribution in [1.82, 2.24) is 15.3 Å². The highest BCUT2D eigenvalue weighted by atomic mass is 32.2. The zero-order valence-corrected chi connectivity index (χ0v) is 16.3. The van der Waals surface area contributed by atoms with E-state index in [1.165, 1.54) is 36.0 Å². The summed E-state index contributed by atoms with van der Waals surface area (Å²) in [6, 6.07) is 4.73. The summed E-state index contributed by atoms with van der Waals surface area (Å²) in [5.74, 6) is -1.74. The number of aliphatic carboxylic acids is 1. The van der Waals surface area contributed by atoms with E-state index in [1.807, 2.05) is 20.1 Å². The molecule has 2 N–H and O–H groups in total. The van der Waals surface area contributed by atoms with Crippen LogP contribution in [0.4, 0.5) is 4.39 Å². The van der Waals surface area contributed by atoms with Crippen LogP contribution in [0.1, 0.15) is 41.4 Å². The first-order chi connectivity index (χ1) is 12.8. The highest BCUT2D eigenvalue weighted by Crippen LogP contribution is 2.19. The number of carboxylic acid groups (broad SMARTS) is 1. The number of hydrogen-bond donors (Lipinski definition) is 2. The molecule has 6 nitrogen and oxygen atoms in total. The Labute approximate surface area is 161 Å². The Balaban J connectivity index is 2.05. The van der Waals surface area contributed by atoms with Gasteiger partial charge in [-0.05, 0) is 49.8 Å². The van der Waals surface area contributed by atoms with Gasteiger partial charge >= 0.3 is 5.97 Å². The molecule has 1 aromatic carbocycles. The molecule has 1 atom stereocenters. The van der Waals surface area contributed by atoms with Crippen LogP contribution in [0.3, 0.4) is 0 Å². The average molecular weight is 391 g/mol.